The maximum Gasteiger partial charge on any atom is 0.435 e. The highest BCUT2D eigenvalue weighted by molar-refractivity contribution is 6.03. The van der Waals surface area contributed by atoms with E-state index in [9.17, 15) is 27.6 Å². The largest absolute Gasteiger partial charge is 0.444 e. The molecule has 3 amide bonds. The number of aromatic nitrogens is 2. The minimum Gasteiger partial charge on any atom is -0.444 e. The smallest absolute Gasteiger partial charge is 0.435 e. The molecule has 1 saturated heterocycles. The van der Waals surface area contributed by atoms with Gasteiger partial charge in [0.15, 0.2) is 5.69 Å². The number of nitrogens with zero attached hydrogens (tertiary/aromatic N) is 3. The number of ether oxygens (including phenoxy) is 1. The maximum absolute atomic E-state index is 15.1. The lowest BCUT2D eigenvalue weighted by Gasteiger charge is -2.35. The number of rotatable bonds is 9. The van der Waals surface area contributed by atoms with Gasteiger partial charge in [-0.05, 0) is 88.3 Å². The zero-order valence-corrected chi connectivity index (χ0v) is 25.9. The number of amides is 3. The van der Waals surface area contributed by atoms with Gasteiger partial charge in [-0.2, -0.15) is 18.3 Å². The molecule has 13 heteroatoms. The number of nitrogens with one attached hydrogen (secondary N) is 2. The van der Waals surface area contributed by atoms with E-state index < -0.39 is 41.0 Å². The number of carbonyl (C=O) groups excluding carboxylic acids is 3. The molecule has 2 heterocycles. The summed E-state index contributed by atoms with van der Waals surface area (Å²) in [4.78, 5) is 40.4. The van der Waals surface area contributed by atoms with Gasteiger partial charge in [0.1, 0.15) is 17.1 Å². The van der Waals surface area contributed by atoms with Gasteiger partial charge in [0, 0.05) is 24.7 Å². The van der Waals surface area contributed by atoms with Gasteiger partial charge in [0.05, 0.1) is 17.4 Å². The van der Waals surface area contributed by atoms with Gasteiger partial charge in [-0.3, -0.25) is 14.9 Å². The topological polar surface area (TPSA) is 106 Å². The molecule has 1 unspecified atom stereocenters. The molecule has 2 N–H and O–H groups in total. The fraction of sp³-hybridized carbons (Fsp3) is 0.455. The Balaban J connectivity index is 1.44. The first-order valence-electron chi connectivity index (χ1n) is 15.4. The van der Waals surface area contributed by atoms with Crippen molar-refractivity contribution >= 4 is 29.3 Å². The molecule has 2 aliphatic rings. The predicted molar refractivity (Wildman–Crippen MR) is 163 cm³/mol. The number of carbonyl (C=O) groups is 3. The Morgan fingerprint density at radius 1 is 1.04 bits per heavy atom. The summed E-state index contributed by atoms with van der Waals surface area (Å²) >= 11 is 0. The van der Waals surface area contributed by atoms with Gasteiger partial charge in [0.2, 0.25) is 5.91 Å². The van der Waals surface area contributed by atoms with Crippen molar-refractivity contribution in [3.05, 3.63) is 71.3 Å². The number of alkyl halides is 3. The van der Waals surface area contributed by atoms with Crippen molar-refractivity contribution in [2.24, 2.45) is 5.92 Å². The summed E-state index contributed by atoms with van der Waals surface area (Å²) in [5.41, 5.74) is -2.01. The Bertz CT molecular complexity index is 1610. The Labute approximate surface area is 264 Å². The van der Waals surface area contributed by atoms with E-state index in [4.69, 9.17) is 4.74 Å². The lowest BCUT2D eigenvalue weighted by Crippen LogP contribution is -2.38. The minimum absolute atomic E-state index is 0.0222. The standard InChI is InChI=1S/C33H37F4N5O4/c1-32(2,3)46-31(45)38-22-7-6-8-23(18-22)42-27(19-28(40-42)33(35,36)37)30(44)39-25-17-21(13-14-24(25)34)26(15-12-20-10-11-20)41-16-5-4-9-29(41)43/h6-8,13-14,17-20,26H,4-5,9-12,15-16H2,1-3H3,(H,38,45)(H,39,44). The van der Waals surface area contributed by atoms with E-state index in [-0.39, 0.29) is 29.0 Å². The van der Waals surface area contributed by atoms with Crippen LogP contribution in [0.1, 0.15) is 93.5 Å². The monoisotopic (exact) mass is 643 g/mol. The third-order valence-corrected chi connectivity index (χ3v) is 7.87. The number of benzene rings is 2. The molecule has 2 fully saturated rings. The zero-order valence-electron chi connectivity index (χ0n) is 25.9. The van der Waals surface area contributed by atoms with Crippen LogP contribution in [0.15, 0.2) is 48.5 Å². The van der Waals surface area contributed by atoms with E-state index in [1.165, 1.54) is 36.4 Å². The van der Waals surface area contributed by atoms with Crippen LogP contribution in [0, 0.1) is 11.7 Å². The van der Waals surface area contributed by atoms with Crippen molar-refractivity contribution in [3.8, 4) is 5.69 Å². The van der Waals surface area contributed by atoms with Crippen LogP contribution in [0.4, 0.5) is 33.7 Å². The van der Waals surface area contributed by atoms with Crippen molar-refractivity contribution in [3.63, 3.8) is 0 Å². The molecule has 0 spiro atoms. The molecule has 246 valence electrons. The highest BCUT2D eigenvalue weighted by Gasteiger charge is 2.37. The quantitative estimate of drug-likeness (QED) is 0.231. The molecule has 2 aromatic carbocycles. The normalized spacial score (nSPS) is 16.2. The van der Waals surface area contributed by atoms with Crippen molar-refractivity contribution in [1.29, 1.82) is 0 Å². The third kappa shape index (κ3) is 8.24. The van der Waals surface area contributed by atoms with Crippen molar-refractivity contribution in [1.82, 2.24) is 14.7 Å². The van der Waals surface area contributed by atoms with Gasteiger partial charge in [-0.15, -0.1) is 0 Å². The van der Waals surface area contributed by atoms with E-state index in [1.54, 1.807) is 26.8 Å². The van der Waals surface area contributed by atoms with Gasteiger partial charge in [-0.1, -0.05) is 25.0 Å². The van der Waals surface area contributed by atoms with Crippen molar-refractivity contribution < 1.29 is 36.7 Å². The van der Waals surface area contributed by atoms with E-state index in [1.807, 2.05) is 4.90 Å². The zero-order chi connectivity index (χ0) is 33.2. The maximum atomic E-state index is 15.1. The molecule has 1 aliphatic heterocycles. The Morgan fingerprint density at radius 3 is 2.48 bits per heavy atom. The molecular formula is C33H37F4N5O4. The summed E-state index contributed by atoms with van der Waals surface area (Å²) in [5.74, 6) is -1.20. The summed E-state index contributed by atoms with van der Waals surface area (Å²) in [5, 5.41) is 8.56. The molecule has 0 bridgehead atoms. The van der Waals surface area contributed by atoms with E-state index in [2.05, 4.69) is 15.7 Å². The van der Waals surface area contributed by atoms with Crippen LogP contribution < -0.4 is 10.6 Å². The third-order valence-electron chi connectivity index (χ3n) is 7.87. The molecular weight excluding hydrogens is 606 g/mol. The number of piperidine rings is 1. The number of anilines is 2. The summed E-state index contributed by atoms with van der Waals surface area (Å²) < 4.78 is 62.4. The van der Waals surface area contributed by atoms with E-state index in [0.29, 0.717) is 36.9 Å². The fourth-order valence-corrected chi connectivity index (χ4v) is 5.51. The van der Waals surface area contributed by atoms with Gasteiger partial charge in [-0.25, -0.2) is 13.9 Å². The van der Waals surface area contributed by atoms with Crippen LogP contribution in [0.5, 0.6) is 0 Å². The first kappa shape index (κ1) is 33.0. The fourth-order valence-electron chi connectivity index (χ4n) is 5.51. The van der Waals surface area contributed by atoms with Gasteiger partial charge in [0.25, 0.3) is 5.91 Å². The predicted octanol–water partition coefficient (Wildman–Crippen LogP) is 7.87. The van der Waals surface area contributed by atoms with Gasteiger partial charge >= 0.3 is 12.3 Å². The Morgan fingerprint density at radius 2 is 1.80 bits per heavy atom. The number of hydrogen-bond acceptors (Lipinski definition) is 5. The van der Waals surface area contributed by atoms with Crippen molar-refractivity contribution in [2.75, 3.05) is 17.2 Å². The van der Waals surface area contributed by atoms with E-state index in [0.717, 1.165) is 36.8 Å². The lowest BCUT2D eigenvalue weighted by molar-refractivity contribution is -0.141. The Hall–Kier alpha value is -4.42. The highest BCUT2D eigenvalue weighted by atomic mass is 19.4. The number of hydrogen-bond donors (Lipinski definition) is 2. The van der Waals surface area contributed by atoms with E-state index >= 15 is 4.39 Å². The second-order valence-electron chi connectivity index (χ2n) is 12.8. The molecule has 5 rings (SSSR count). The molecule has 9 nitrogen and oxygen atoms in total. The summed E-state index contributed by atoms with van der Waals surface area (Å²) in [6.07, 6.45) is 0.311. The molecule has 1 aromatic heterocycles. The average Bonchev–Trinajstić information content (AvgIpc) is 3.67. The molecule has 1 aliphatic carbocycles. The van der Waals surface area contributed by atoms with Crippen LogP contribution in [0.25, 0.3) is 5.69 Å². The second-order valence-corrected chi connectivity index (χ2v) is 12.8. The summed E-state index contributed by atoms with van der Waals surface area (Å²) in [7, 11) is 0. The molecule has 1 atom stereocenters. The van der Waals surface area contributed by atoms with Crippen LogP contribution in [-0.4, -0.2) is 44.7 Å². The minimum atomic E-state index is -4.88. The first-order valence-corrected chi connectivity index (χ1v) is 15.4. The summed E-state index contributed by atoms with van der Waals surface area (Å²) in [6.45, 7) is 5.61. The average molecular weight is 644 g/mol. The number of halogens is 4. The lowest BCUT2D eigenvalue weighted by atomic mass is 9.95. The van der Waals surface area contributed by atoms with Crippen LogP contribution in [0.3, 0.4) is 0 Å². The summed E-state index contributed by atoms with van der Waals surface area (Å²) in [6, 6.07) is 10.2. The molecule has 0 radical (unpaired) electrons. The molecule has 1 saturated carbocycles. The van der Waals surface area contributed by atoms with Crippen molar-refractivity contribution in [2.45, 2.75) is 83.5 Å². The highest BCUT2D eigenvalue weighted by Crippen LogP contribution is 2.39. The number of likely N-dealkylation sites (tertiary alicyclic amines) is 1. The Kier molecular flexibility index (Phi) is 9.41. The SMILES string of the molecule is CC(C)(C)OC(=O)Nc1cccc(-n2nc(C(F)(F)F)cc2C(=O)Nc2cc(C(CCC3CC3)N3CCCCC3=O)ccc2F)c1. The molecule has 3 aromatic rings. The van der Waals surface area contributed by atoms with Crippen LogP contribution >= 0.6 is 0 Å². The first-order chi connectivity index (χ1) is 21.7. The van der Waals surface area contributed by atoms with Crippen LogP contribution in [0.2, 0.25) is 0 Å². The van der Waals surface area contributed by atoms with Crippen LogP contribution in [-0.2, 0) is 15.7 Å². The van der Waals surface area contributed by atoms with Gasteiger partial charge < -0.3 is 15.0 Å². The second kappa shape index (κ2) is 13.1. The molecule has 46 heavy (non-hydrogen) atoms.